The van der Waals surface area contributed by atoms with Crippen molar-refractivity contribution >= 4 is 11.4 Å². The monoisotopic (exact) mass is 221 g/mol. The Hall–Kier alpha value is -1.62. The molecule has 0 bridgehead atoms. The largest absolute Gasteiger partial charge is 0.358 e. The highest BCUT2D eigenvalue weighted by molar-refractivity contribution is 5.50. The zero-order chi connectivity index (χ0) is 11.5. The van der Waals surface area contributed by atoms with Crippen molar-refractivity contribution in [1.29, 1.82) is 0 Å². The molecule has 0 saturated carbocycles. The summed E-state index contributed by atoms with van der Waals surface area (Å²) in [5.41, 5.74) is 1.20. The van der Waals surface area contributed by atoms with Crippen LogP contribution in [0.2, 0.25) is 0 Å². The maximum atomic E-state index is 10.5. The average Bonchev–Trinajstić information content (AvgIpc) is 2.29. The third-order valence-corrected chi connectivity index (χ3v) is 2.81. The topological polar surface area (TPSA) is 49.6 Å². The molecule has 0 aliphatic carbocycles. The second-order valence-electron chi connectivity index (χ2n) is 4.11. The zero-order valence-corrected chi connectivity index (χ0v) is 9.30. The van der Waals surface area contributed by atoms with E-state index in [4.69, 9.17) is 0 Å². The molecule has 5 nitrogen and oxygen atoms in total. The number of hydrogen-bond acceptors (Lipinski definition) is 4. The molecular weight excluding hydrogens is 206 g/mol. The molecular formula is C11H15N3O2. The van der Waals surface area contributed by atoms with Crippen LogP contribution in [-0.2, 0) is 0 Å². The Morgan fingerprint density at radius 1 is 1.25 bits per heavy atom. The lowest BCUT2D eigenvalue weighted by Gasteiger charge is -2.34. The maximum Gasteiger partial charge on any atom is 0.269 e. The van der Waals surface area contributed by atoms with Crippen molar-refractivity contribution in [2.24, 2.45) is 0 Å². The van der Waals surface area contributed by atoms with Gasteiger partial charge in [-0.15, -0.1) is 0 Å². The molecule has 1 fully saturated rings. The van der Waals surface area contributed by atoms with Gasteiger partial charge in [-0.25, -0.2) is 0 Å². The van der Waals surface area contributed by atoms with Gasteiger partial charge in [-0.1, -0.05) is 0 Å². The summed E-state index contributed by atoms with van der Waals surface area (Å²) in [7, 11) is 2.08. The number of nitro benzene ring substituents is 1. The Kier molecular flexibility index (Phi) is 3.05. The molecule has 16 heavy (non-hydrogen) atoms. The van der Waals surface area contributed by atoms with Crippen LogP contribution < -0.4 is 4.90 Å². The van der Waals surface area contributed by atoms with Gasteiger partial charge >= 0.3 is 0 Å². The first-order valence-corrected chi connectivity index (χ1v) is 5.35. The minimum atomic E-state index is -0.369. The molecule has 0 atom stereocenters. The van der Waals surface area contributed by atoms with Crippen LogP contribution in [0.25, 0.3) is 0 Å². The molecule has 2 rings (SSSR count). The quantitative estimate of drug-likeness (QED) is 0.563. The van der Waals surface area contributed by atoms with Crippen molar-refractivity contribution in [3.8, 4) is 0 Å². The molecule has 0 amide bonds. The Balaban J connectivity index is 2.11. The normalized spacial score (nSPS) is 17.4. The van der Waals surface area contributed by atoms with E-state index in [1.165, 1.54) is 0 Å². The van der Waals surface area contributed by atoms with Crippen molar-refractivity contribution in [3.05, 3.63) is 34.4 Å². The lowest BCUT2D eigenvalue weighted by atomic mass is 10.2. The van der Waals surface area contributed by atoms with Crippen LogP contribution in [0.4, 0.5) is 11.4 Å². The Bertz CT molecular complexity index is 377. The summed E-state index contributed by atoms with van der Waals surface area (Å²) in [5.74, 6) is 0. The molecule has 0 N–H and O–H groups in total. The maximum absolute atomic E-state index is 10.5. The smallest absolute Gasteiger partial charge is 0.269 e. The molecule has 1 aliphatic heterocycles. The summed E-state index contributed by atoms with van der Waals surface area (Å²) in [6.07, 6.45) is 1.13. The van der Waals surface area contributed by atoms with Crippen molar-refractivity contribution in [3.63, 3.8) is 0 Å². The Labute approximate surface area is 94.4 Å². The highest BCUT2D eigenvalue weighted by Crippen LogP contribution is 2.21. The summed E-state index contributed by atoms with van der Waals surface area (Å²) in [4.78, 5) is 14.6. The number of benzene rings is 1. The molecule has 1 aromatic rings. The number of anilines is 1. The average molecular weight is 221 g/mol. The molecule has 5 heteroatoms. The lowest BCUT2D eigenvalue weighted by Crippen LogP contribution is -2.42. The minimum Gasteiger partial charge on any atom is -0.358 e. The first kappa shape index (κ1) is 10.9. The van der Waals surface area contributed by atoms with Gasteiger partial charge in [0.05, 0.1) is 11.6 Å². The van der Waals surface area contributed by atoms with Crippen LogP contribution in [-0.4, -0.2) is 36.6 Å². The van der Waals surface area contributed by atoms with Gasteiger partial charge in [-0.3, -0.25) is 15.0 Å². The summed E-state index contributed by atoms with van der Waals surface area (Å²) in [6, 6.07) is 6.75. The van der Waals surface area contributed by atoms with Crippen LogP contribution in [0.15, 0.2) is 24.3 Å². The molecule has 1 aliphatic rings. The van der Waals surface area contributed by atoms with E-state index in [1.54, 1.807) is 12.1 Å². The first-order chi connectivity index (χ1) is 7.66. The van der Waals surface area contributed by atoms with E-state index >= 15 is 0 Å². The highest BCUT2D eigenvalue weighted by atomic mass is 16.6. The van der Waals surface area contributed by atoms with Gasteiger partial charge in [0.1, 0.15) is 0 Å². The van der Waals surface area contributed by atoms with Gasteiger partial charge in [-0.2, -0.15) is 0 Å². The molecule has 0 aromatic heterocycles. The van der Waals surface area contributed by atoms with Crippen molar-refractivity contribution in [2.45, 2.75) is 6.42 Å². The van der Waals surface area contributed by atoms with E-state index in [9.17, 15) is 10.1 Å². The molecule has 1 saturated heterocycles. The SMILES string of the molecule is CN1CCCN(c2ccc([N+](=O)[O-])cc2)C1. The van der Waals surface area contributed by atoms with E-state index in [2.05, 4.69) is 16.8 Å². The van der Waals surface area contributed by atoms with Gasteiger partial charge in [-0.05, 0) is 25.6 Å². The van der Waals surface area contributed by atoms with Crippen LogP contribution in [0, 0.1) is 10.1 Å². The standard InChI is InChI=1S/C11H15N3O2/c1-12-7-2-8-13(9-12)10-3-5-11(6-4-10)14(15)16/h3-6H,2,7-9H2,1H3. The number of nitro groups is 1. The molecule has 1 heterocycles. The number of non-ortho nitro benzene ring substituents is 1. The van der Waals surface area contributed by atoms with E-state index in [1.807, 2.05) is 12.1 Å². The number of hydrogen-bond donors (Lipinski definition) is 0. The van der Waals surface area contributed by atoms with Gasteiger partial charge in [0, 0.05) is 30.9 Å². The number of rotatable bonds is 2. The van der Waals surface area contributed by atoms with Crippen molar-refractivity contribution in [2.75, 3.05) is 31.7 Å². The van der Waals surface area contributed by atoms with Crippen LogP contribution in [0.3, 0.4) is 0 Å². The molecule has 0 spiro atoms. The lowest BCUT2D eigenvalue weighted by molar-refractivity contribution is -0.384. The van der Waals surface area contributed by atoms with Crippen LogP contribution in [0.1, 0.15) is 6.42 Å². The van der Waals surface area contributed by atoms with Crippen molar-refractivity contribution in [1.82, 2.24) is 4.90 Å². The fraction of sp³-hybridized carbons (Fsp3) is 0.455. The molecule has 0 radical (unpaired) electrons. The minimum absolute atomic E-state index is 0.147. The van der Waals surface area contributed by atoms with Crippen molar-refractivity contribution < 1.29 is 4.92 Å². The van der Waals surface area contributed by atoms with Crippen LogP contribution in [0.5, 0.6) is 0 Å². The van der Waals surface area contributed by atoms with E-state index in [-0.39, 0.29) is 10.6 Å². The summed E-state index contributed by atoms with van der Waals surface area (Å²) < 4.78 is 0. The second kappa shape index (κ2) is 4.49. The molecule has 86 valence electrons. The first-order valence-electron chi connectivity index (χ1n) is 5.35. The van der Waals surface area contributed by atoms with Gasteiger partial charge in [0.15, 0.2) is 0 Å². The van der Waals surface area contributed by atoms with E-state index in [0.29, 0.717) is 0 Å². The predicted molar refractivity (Wildman–Crippen MR) is 62.6 cm³/mol. The molecule has 1 aromatic carbocycles. The zero-order valence-electron chi connectivity index (χ0n) is 9.30. The Morgan fingerprint density at radius 2 is 1.94 bits per heavy atom. The number of nitrogens with zero attached hydrogens (tertiary/aromatic N) is 3. The fourth-order valence-corrected chi connectivity index (χ4v) is 1.96. The van der Waals surface area contributed by atoms with Gasteiger partial charge in [0.2, 0.25) is 0 Å². The van der Waals surface area contributed by atoms with E-state index < -0.39 is 0 Å². The third-order valence-electron chi connectivity index (χ3n) is 2.81. The Morgan fingerprint density at radius 3 is 2.50 bits per heavy atom. The molecule has 0 unspecified atom stereocenters. The summed E-state index contributed by atoms with van der Waals surface area (Å²) in [6.45, 7) is 3.02. The van der Waals surface area contributed by atoms with E-state index in [0.717, 1.165) is 31.9 Å². The third kappa shape index (κ3) is 2.30. The second-order valence-corrected chi connectivity index (χ2v) is 4.11. The van der Waals surface area contributed by atoms with Crippen LogP contribution >= 0.6 is 0 Å². The van der Waals surface area contributed by atoms with Gasteiger partial charge < -0.3 is 4.90 Å². The predicted octanol–water partition coefficient (Wildman–Crippen LogP) is 1.69. The summed E-state index contributed by atoms with van der Waals surface area (Å²) >= 11 is 0. The summed E-state index contributed by atoms with van der Waals surface area (Å²) in [5, 5.41) is 10.5. The highest BCUT2D eigenvalue weighted by Gasteiger charge is 2.15. The van der Waals surface area contributed by atoms with Gasteiger partial charge in [0.25, 0.3) is 5.69 Å². The fourth-order valence-electron chi connectivity index (χ4n) is 1.96.